The molecule has 0 fully saturated rings. The molecule has 152 valence electrons. The van der Waals surface area contributed by atoms with Gasteiger partial charge < -0.3 is 9.47 Å². The van der Waals surface area contributed by atoms with Crippen molar-refractivity contribution in [3.63, 3.8) is 0 Å². The SMILES string of the molecule is CCc1cc(C)ccc1O[C@@H]1CCOc2cc(S(=O)(=O)Nc3nccs3)ccc21. The number of thiazole rings is 1. The van der Waals surface area contributed by atoms with Crippen molar-refractivity contribution in [3.05, 3.63) is 64.7 Å². The molecule has 1 N–H and O–H groups in total. The first kappa shape index (κ1) is 19.7. The zero-order valence-corrected chi connectivity index (χ0v) is 17.8. The van der Waals surface area contributed by atoms with Crippen molar-refractivity contribution in [2.45, 2.75) is 37.7 Å². The molecule has 0 amide bonds. The molecule has 3 aromatic rings. The Morgan fingerprint density at radius 3 is 2.90 bits per heavy atom. The molecule has 0 spiro atoms. The van der Waals surface area contributed by atoms with Crippen LogP contribution in [-0.2, 0) is 16.4 Å². The highest BCUT2D eigenvalue weighted by molar-refractivity contribution is 7.93. The summed E-state index contributed by atoms with van der Waals surface area (Å²) in [6.07, 6.45) is 2.95. The minimum Gasteiger partial charge on any atom is -0.493 e. The van der Waals surface area contributed by atoms with E-state index in [-0.39, 0.29) is 11.0 Å². The predicted molar refractivity (Wildman–Crippen MR) is 113 cm³/mol. The predicted octanol–water partition coefficient (Wildman–Crippen LogP) is 4.72. The highest BCUT2D eigenvalue weighted by atomic mass is 32.2. The fourth-order valence-electron chi connectivity index (χ4n) is 3.33. The molecular weight excluding hydrogens is 408 g/mol. The van der Waals surface area contributed by atoms with E-state index >= 15 is 0 Å². The molecular formula is C21H22N2O4S2. The molecule has 0 bridgehead atoms. The number of anilines is 1. The van der Waals surface area contributed by atoms with Gasteiger partial charge in [-0.25, -0.2) is 13.4 Å². The van der Waals surface area contributed by atoms with Crippen molar-refractivity contribution in [2.75, 3.05) is 11.3 Å². The van der Waals surface area contributed by atoms with Crippen LogP contribution in [0, 0.1) is 6.92 Å². The van der Waals surface area contributed by atoms with Gasteiger partial charge in [-0.3, -0.25) is 4.72 Å². The maximum absolute atomic E-state index is 12.6. The summed E-state index contributed by atoms with van der Waals surface area (Å²) in [6, 6.07) is 11.1. The first-order valence-corrected chi connectivity index (χ1v) is 11.8. The van der Waals surface area contributed by atoms with E-state index < -0.39 is 10.0 Å². The maximum Gasteiger partial charge on any atom is 0.263 e. The normalized spacial score (nSPS) is 16.0. The molecule has 2 aromatic carbocycles. The Bertz CT molecular complexity index is 1110. The molecule has 8 heteroatoms. The van der Waals surface area contributed by atoms with Crippen LogP contribution in [0.4, 0.5) is 5.13 Å². The third-order valence-corrected chi connectivity index (χ3v) is 6.95. The standard InChI is InChI=1S/C21H22N2O4S2/c1-3-15-12-14(2)4-7-18(15)27-19-8-10-26-20-13-16(5-6-17(19)20)29(24,25)23-21-22-9-11-28-21/h4-7,9,11-13,19H,3,8,10H2,1-2H3,(H,22,23)/t19-/m1/s1. The monoisotopic (exact) mass is 430 g/mol. The molecule has 29 heavy (non-hydrogen) atoms. The largest absolute Gasteiger partial charge is 0.493 e. The number of fused-ring (bicyclic) bond motifs is 1. The van der Waals surface area contributed by atoms with Gasteiger partial charge in [-0.2, -0.15) is 0 Å². The molecule has 2 heterocycles. The summed E-state index contributed by atoms with van der Waals surface area (Å²) in [5.41, 5.74) is 3.21. The van der Waals surface area contributed by atoms with E-state index in [0.717, 1.165) is 23.3 Å². The molecule has 6 nitrogen and oxygen atoms in total. The Kier molecular flexibility index (Phi) is 5.47. The quantitative estimate of drug-likeness (QED) is 0.612. The van der Waals surface area contributed by atoms with Gasteiger partial charge in [0, 0.05) is 29.6 Å². The summed E-state index contributed by atoms with van der Waals surface area (Å²) >= 11 is 1.23. The zero-order chi connectivity index (χ0) is 20.4. The number of benzene rings is 2. The highest BCUT2D eigenvalue weighted by Gasteiger charge is 2.26. The Hall–Kier alpha value is -2.58. The van der Waals surface area contributed by atoms with Crippen LogP contribution in [0.1, 0.15) is 36.1 Å². The van der Waals surface area contributed by atoms with Crippen LogP contribution in [0.5, 0.6) is 11.5 Å². The van der Waals surface area contributed by atoms with Crippen molar-refractivity contribution >= 4 is 26.5 Å². The Morgan fingerprint density at radius 2 is 2.14 bits per heavy atom. The van der Waals surface area contributed by atoms with Crippen molar-refractivity contribution in [1.82, 2.24) is 4.98 Å². The van der Waals surface area contributed by atoms with Crippen LogP contribution >= 0.6 is 11.3 Å². The summed E-state index contributed by atoms with van der Waals surface area (Å²) in [4.78, 5) is 4.11. The minimum atomic E-state index is -3.73. The molecule has 1 atom stereocenters. The Balaban J connectivity index is 1.60. The average molecular weight is 431 g/mol. The number of nitrogens with one attached hydrogen (secondary N) is 1. The second-order valence-electron chi connectivity index (χ2n) is 6.85. The Morgan fingerprint density at radius 1 is 1.28 bits per heavy atom. The molecule has 1 aliphatic heterocycles. The van der Waals surface area contributed by atoms with Gasteiger partial charge in [-0.05, 0) is 31.0 Å². The third kappa shape index (κ3) is 4.23. The number of ether oxygens (including phenoxy) is 2. The van der Waals surface area contributed by atoms with Gasteiger partial charge in [0.25, 0.3) is 10.0 Å². The first-order chi connectivity index (χ1) is 14.0. The molecule has 0 radical (unpaired) electrons. The van der Waals surface area contributed by atoms with Crippen LogP contribution in [0.3, 0.4) is 0 Å². The van der Waals surface area contributed by atoms with E-state index in [1.807, 2.05) is 12.1 Å². The summed E-state index contributed by atoms with van der Waals surface area (Å²) < 4.78 is 39.8. The van der Waals surface area contributed by atoms with Crippen molar-refractivity contribution in [3.8, 4) is 11.5 Å². The number of nitrogens with zero attached hydrogens (tertiary/aromatic N) is 1. The van der Waals surface area contributed by atoms with Crippen LogP contribution in [0.2, 0.25) is 0 Å². The second kappa shape index (κ2) is 8.04. The number of aryl methyl sites for hydroxylation is 2. The molecule has 0 aliphatic carbocycles. The molecule has 0 unspecified atom stereocenters. The van der Waals surface area contributed by atoms with E-state index in [1.165, 1.54) is 16.9 Å². The van der Waals surface area contributed by atoms with Gasteiger partial charge in [0.15, 0.2) is 5.13 Å². The van der Waals surface area contributed by atoms with Gasteiger partial charge >= 0.3 is 0 Å². The van der Waals surface area contributed by atoms with Gasteiger partial charge in [-0.15, -0.1) is 11.3 Å². The third-order valence-electron chi connectivity index (χ3n) is 4.80. The van der Waals surface area contributed by atoms with Gasteiger partial charge in [0.2, 0.25) is 0 Å². The van der Waals surface area contributed by atoms with Crippen molar-refractivity contribution in [2.24, 2.45) is 0 Å². The molecule has 1 aromatic heterocycles. The van der Waals surface area contributed by atoms with Crippen molar-refractivity contribution < 1.29 is 17.9 Å². The average Bonchev–Trinajstić information content (AvgIpc) is 3.21. The molecule has 4 rings (SSSR count). The number of hydrogen-bond donors (Lipinski definition) is 1. The summed E-state index contributed by atoms with van der Waals surface area (Å²) in [7, 11) is -3.73. The lowest BCUT2D eigenvalue weighted by Crippen LogP contribution is -2.20. The van der Waals surface area contributed by atoms with Gasteiger partial charge in [0.1, 0.15) is 17.6 Å². The number of aromatic nitrogens is 1. The smallest absolute Gasteiger partial charge is 0.263 e. The zero-order valence-electron chi connectivity index (χ0n) is 16.2. The lowest BCUT2D eigenvalue weighted by molar-refractivity contribution is 0.135. The van der Waals surface area contributed by atoms with E-state index in [2.05, 4.69) is 29.6 Å². The summed E-state index contributed by atoms with van der Waals surface area (Å²) in [6.45, 7) is 4.63. The number of hydrogen-bond acceptors (Lipinski definition) is 6. The highest BCUT2D eigenvalue weighted by Crippen LogP contribution is 2.38. The fourth-order valence-corrected chi connectivity index (χ4v) is 5.13. The molecule has 0 saturated heterocycles. The number of rotatable bonds is 6. The lowest BCUT2D eigenvalue weighted by atomic mass is 10.0. The number of sulfonamides is 1. The van der Waals surface area contributed by atoms with Crippen LogP contribution in [0.15, 0.2) is 52.9 Å². The van der Waals surface area contributed by atoms with Gasteiger partial charge in [0.05, 0.1) is 11.5 Å². The van der Waals surface area contributed by atoms with E-state index in [1.54, 1.807) is 29.8 Å². The second-order valence-corrected chi connectivity index (χ2v) is 9.43. The maximum atomic E-state index is 12.6. The van der Waals surface area contributed by atoms with Crippen LogP contribution in [0.25, 0.3) is 0 Å². The topological polar surface area (TPSA) is 77.5 Å². The molecule has 1 aliphatic rings. The minimum absolute atomic E-state index is 0.136. The van der Waals surface area contributed by atoms with Crippen LogP contribution in [-0.4, -0.2) is 20.0 Å². The molecule has 0 saturated carbocycles. The van der Waals surface area contributed by atoms with Gasteiger partial charge in [-0.1, -0.05) is 30.7 Å². The van der Waals surface area contributed by atoms with E-state index in [0.29, 0.717) is 23.9 Å². The van der Waals surface area contributed by atoms with Crippen LogP contribution < -0.4 is 14.2 Å². The lowest BCUT2D eigenvalue weighted by Gasteiger charge is -2.28. The first-order valence-electron chi connectivity index (χ1n) is 9.41. The van der Waals surface area contributed by atoms with E-state index in [9.17, 15) is 8.42 Å². The Labute approximate surface area is 174 Å². The summed E-state index contributed by atoms with van der Waals surface area (Å²) in [5, 5.41) is 2.04. The van der Waals surface area contributed by atoms with Crippen molar-refractivity contribution in [1.29, 1.82) is 0 Å². The van der Waals surface area contributed by atoms with E-state index in [4.69, 9.17) is 9.47 Å². The fraction of sp³-hybridized carbons (Fsp3) is 0.286. The summed E-state index contributed by atoms with van der Waals surface area (Å²) in [5.74, 6) is 1.39.